The number of nitrogens with zero attached hydrogens (tertiary/aromatic N) is 1. The largest absolute Gasteiger partial charge is 0.492 e. The van der Waals surface area contributed by atoms with Gasteiger partial charge in [0.1, 0.15) is 12.4 Å². The molecule has 0 aromatic heterocycles. The van der Waals surface area contributed by atoms with Crippen LogP contribution in [0.5, 0.6) is 5.75 Å². The van der Waals surface area contributed by atoms with Crippen LogP contribution in [0.2, 0.25) is 0 Å². The van der Waals surface area contributed by atoms with Gasteiger partial charge in [-0.3, -0.25) is 4.90 Å². The van der Waals surface area contributed by atoms with E-state index in [1.54, 1.807) is 0 Å². The van der Waals surface area contributed by atoms with Gasteiger partial charge in [0.05, 0.1) is 18.5 Å². The highest BCUT2D eigenvalue weighted by atomic mass is 32.2. The van der Waals surface area contributed by atoms with Gasteiger partial charge >= 0.3 is 0 Å². The van der Waals surface area contributed by atoms with Gasteiger partial charge in [-0.05, 0) is 81.4 Å². The van der Waals surface area contributed by atoms with Gasteiger partial charge in [-0.15, -0.1) is 0 Å². The molecule has 1 N–H and O–H groups in total. The van der Waals surface area contributed by atoms with Crippen LogP contribution in [0.1, 0.15) is 62.8 Å². The Morgan fingerprint density at radius 2 is 1.81 bits per heavy atom. The van der Waals surface area contributed by atoms with Gasteiger partial charge in [-0.25, -0.2) is 13.1 Å². The van der Waals surface area contributed by atoms with E-state index in [2.05, 4.69) is 33.9 Å². The molecular weight excluding hydrogens is 412 g/mol. The fourth-order valence-electron chi connectivity index (χ4n) is 5.63. The zero-order chi connectivity index (χ0) is 21.3. The number of nitrogens with one attached hydrogen (secondary N) is 1. The molecule has 7 heteroatoms. The summed E-state index contributed by atoms with van der Waals surface area (Å²) in [6.07, 6.45) is 8.61. The first-order chi connectivity index (χ1) is 15.1. The number of ether oxygens (including phenoxy) is 2. The van der Waals surface area contributed by atoms with E-state index in [0.717, 1.165) is 70.2 Å². The van der Waals surface area contributed by atoms with Crippen LogP contribution < -0.4 is 9.46 Å². The van der Waals surface area contributed by atoms with Gasteiger partial charge in [0.15, 0.2) is 0 Å². The van der Waals surface area contributed by atoms with E-state index in [-0.39, 0.29) is 23.9 Å². The maximum Gasteiger partial charge on any atom is 0.212 e. The molecule has 5 aliphatic rings. The summed E-state index contributed by atoms with van der Waals surface area (Å²) in [5.74, 6) is 2.20. The predicted molar refractivity (Wildman–Crippen MR) is 121 cm³/mol. The Labute approximate surface area is 186 Å². The molecule has 3 aliphatic heterocycles. The van der Waals surface area contributed by atoms with Crippen LogP contribution in [-0.2, 0) is 14.8 Å². The van der Waals surface area contributed by atoms with E-state index in [0.29, 0.717) is 25.0 Å². The van der Waals surface area contributed by atoms with Gasteiger partial charge < -0.3 is 9.47 Å². The third-order valence-electron chi connectivity index (χ3n) is 7.55. The molecule has 2 saturated carbocycles. The van der Waals surface area contributed by atoms with Crippen molar-refractivity contribution in [2.75, 3.05) is 32.1 Å². The standard InChI is InChI=1S/C24H36N2O4S/c27-31(28,17-18-7-8-18)25-22-5-3-13-26-14-15-29-24-6-2-1-4-21(24)19-9-11-20(12-10-19)30-16-23(22)26/h1-2,4,6,18-20,22-23,25H,3,5,7-17H2/t19-,20+,22-,23-/m0/s1. The fourth-order valence-corrected chi connectivity index (χ4v) is 7.42. The zero-order valence-electron chi connectivity index (χ0n) is 18.4. The van der Waals surface area contributed by atoms with Gasteiger partial charge in [0.25, 0.3) is 0 Å². The summed E-state index contributed by atoms with van der Waals surface area (Å²) in [5.41, 5.74) is 1.33. The SMILES string of the molecule is O=S(=O)(CC1CC1)N[C@H]1CCCN2CCOc3ccccc3[C@H]3CC[C@H](CC3)OC[C@@H]12. The van der Waals surface area contributed by atoms with Gasteiger partial charge in [0.2, 0.25) is 10.0 Å². The van der Waals surface area contributed by atoms with Crippen LogP contribution in [0.4, 0.5) is 0 Å². The molecule has 1 saturated heterocycles. The Balaban J connectivity index is 1.33. The third kappa shape index (κ3) is 5.44. The number of hydrogen-bond acceptors (Lipinski definition) is 5. The van der Waals surface area contributed by atoms with E-state index in [4.69, 9.17) is 9.47 Å². The second-order valence-electron chi connectivity index (χ2n) is 9.89. The van der Waals surface area contributed by atoms with Crippen LogP contribution in [0.3, 0.4) is 0 Å². The lowest BCUT2D eigenvalue weighted by molar-refractivity contribution is -0.0284. The smallest absolute Gasteiger partial charge is 0.212 e. The first-order valence-corrected chi connectivity index (χ1v) is 13.8. The molecule has 2 atom stereocenters. The summed E-state index contributed by atoms with van der Waals surface area (Å²) in [6.45, 7) is 2.97. The average molecular weight is 449 g/mol. The minimum absolute atomic E-state index is 0.0695. The fraction of sp³-hybridized carbons (Fsp3) is 0.750. The van der Waals surface area contributed by atoms with E-state index >= 15 is 0 Å². The molecule has 1 aromatic carbocycles. The van der Waals surface area contributed by atoms with Crippen LogP contribution in [0.25, 0.3) is 0 Å². The maximum atomic E-state index is 12.7. The summed E-state index contributed by atoms with van der Waals surface area (Å²) >= 11 is 0. The lowest BCUT2D eigenvalue weighted by Crippen LogP contribution is -2.58. The summed E-state index contributed by atoms with van der Waals surface area (Å²) in [5, 5.41) is 0. The second kappa shape index (κ2) is 9.38. The van der Waals surface area contributed by atoms with E-state index in [9.17, 15) is 8.42 Å². The normalized spacial score (nSPS) is 32.6. The molecule has 1 aromatic rings. The van der Waals surface area contributed by atoms with Crippen LogP contribution >= 0.6 is 0 Å². The van der Waals surface area contributed by atoms with Crippen LogP contribution in [-0.4, -0.2) is 63.6 Å². The molecule has 172 valence electrons. The summed E-state index contributed by atoms with van der Waals surface area (Å²) < 4.78 is 41.2. The number of rotatable bonds is 4. The minimum atomic E-state index is -3.24. The highest BCUT2D eigenvalue weighted by Crippen LogP contribution is 2.39. The molecule has 0 unspecified atom stereocenters. The lowest BCUT2D eigenvalue weighted by atomic mass is 9.82. The number of para-hydroxylation sites is 1. The van der Waals surface area contributed by atoms with Crippen molar-refractivity contribution in [3.05, 3.63) is 29.8 Å². The molecule has 31 heavy (non-hydrogen) atoms. The van der Waals surface area contributed by atoms with Crippen molar-refractivity contribution in [3.8, 4) is 5.75 Å². The van der Waals surface area contributed by atoms with Gasteiger partial charge in [0, 0.05) is 18.6 Å². The monoisotopic (exact) mass is 448 g/mol. The van der Waals surface area contributed by atoms with E-state index in [1.165, 1.54) is 5.56 Å². The Hall–Kier alpha value is -1.15. The lowest BCUT2D eigenvalue weighted by Gasteiger charge is -2.42. The van der Waals surface area contributed by atoms with Crippen molar-refractivity contribution in [2.45, 2.75) is 75.5 Å². The van der Waals surface area contributed by atoms with Crippen LogP contribution in [0, 0.1) is 5.92 Å². The number of fused-ring (bicyclic) bond motifs is 5. The third-order valence-corrected chi connectivity index (χ3v) is 9.12. The summed E-state index contributed by atoms with van der Waals surface area (Å²) in [7, 11) is -3.24. The van der Waals surface area contributed by atoms with Crippen molar-refractivity contribution < 1.29 is 17.9 Å². The first kappa shape index (κ1) is 21.7. The van der Waals surface area contributed by atoms with Crippen molar-refractivity contribution in [1.82, 2.24) is 9.62 Å². The predicted octanol–water partition coefficient (Wildman–Crippen LogP) is 3.28. The summed E-state index contributed by atoms with van der Waals surface area (Å²) in [6, 6.07) is 8.48. The molecule has 0 radical (unpaired) electrons. The Bertz CT molecular complexity index is 849. The molecule has 2 aliphatic carbocycles. The number of sulfonamides is 1. The molecule has 6 rings (SSSR count). The first-order valence-electron chi connectivity index (χ1n) is 12.1. The molecule has 0 amide bonds. The number of piperidine rings is 1. The highest BCUT2D eigenvalue weighted by molar-refractivity contribution is 7.89. The Morgan fingerprint density at radius 3 is 2.61 bits per heavy atom. The Morgan fingerprint density at radius 1 is 1.00 bits per heavy atom. The van der Waals surface area contributed by atoms with Crippen LogP contribution in [0.15, 0.2) is 24.3 Å². The molecule has 6 nitrogen and oxygen atoms in total. The van der Waals surface area contributed by atoms with E-state index < -0.39 is 10.0 Å². The van der Waals surface area contributed by atoms with Crippen molar-refractivity contribution >= 4 is 10.0 Å². The number of benzene rings is 1. The molecule has 2 bridgehead atoms. The minimum Gasteiger partial charge on any atom is -0.492 e. The molecule has 3 heterocycles. The quantitative estimate of drug-likeness (QED) is 0.766. The van der Waals surface area contributed by atoms with Crippen molar-refractivity contribution in [3.63, 3.8) is 0 Å². The van der Waals surface area contributed by atoms with Crippen molar-refractivity contribution in [2.24, 2.45) is 5.92 Å². The van der Waals surface area contributed by atoms with Gasteiger partial charge in [-0.1, -0.05) is 18.2 Å². The molecule has 3 fully saturated rings. The topological polar surface area (TPSA) is 67.9 Å². The molecular formula is C24H36N2O4S. The van der Waals surface area contributed by atoms with Gasteiger partial charge in [-0.2, -0.15) is 0 Å². The zero-order valence-corrected chi connectivity index (χ0v) is 19.2. The Kier molecular flexibility index (Phi) is 6.56. The maximum absolute atomic E-state index is 12.7. The van der Waals surface area contributed by atoms with E-state index in [1.807, 2.05) is 0 Å². The second-order valence-corrected chi connectivity index (χ2v) is 11.7. The highest BCUT2D eigenvalue weighted by Gasteiger charge is 2.37. The molecule has 0 spiro atoms. The average Bonchev–Trinajstić information content (AvgIpc) is 3.56. The summed E-state index contributed by atoms with van der Waals surface area (Å²) in [4.78, 5) is 2.39. The number of hydrogen-bond donors (Lipinski definition) is 1. The van der Waals surface area contributed by atoms with Crippen molar-refractivity contribution in [1.29, 1.82) is 0 Å².